The van der Waals surface area contributed by atoms with Gasteiger partial charge in [0.2, 0.25) is 5.91 Å². The van der Waals surface area contributed by atoms with Crippen molar-refractivity contribution in [2.45, 2.75) is 57.0 Å². The van der Waals surface area contributed by atoms with Crippen LogP contribution in [0.5, 0.6) is 0 Å². The zero-order valence-electron chi connectivity index (χ0n) is 12.5. The number of nitrogens with one attached hydrogen (secondary N) is 2. The monoisotopic (exact) mass is 267 g/mol. The first-order valence-corrected chi connectivity index (χ1v) is 7.88. The van der Waals surface area contributed by atoms with Crippen molar-refractivity contribution >= 4 is 5.91 Å². The van der Waals surface area contributed by atoms with Gasteiger partial charge in [-0.15, -0.1) is 0 Å². The molecule has 0 spiro atoms. The van der Waals surface area contributed by atoms with Gasteiger partial charge in [0.1, 0.15) is 0 Å². The first-order valence-electron chi connectivity index (χ1n) is 7.88. The Morgan fingerprint density at radius 2 is 2.05 bits per heavy atom. The van der Waals surface area contributed by atoms with E-state index in [9.17, 15) is 4.79 Å². The predicted molar refractivity (Wildman–Crippen MR) is 78.1 cm³/mol. The number of amides is 1. The molecular formula is C15H29N3O. The number of piperidine rings is 1. The second kappa shape index (κ2) is 7.25. The molecule has 0 bridgehead atoms. The van der Waals surface area contributed by atoms with Crippen LogP contribution in [0.2, 0.25) is 0 Å². The minimum absolute atomic E-state index is 0.0685. The van der Waals surface area contributed by atoms with E-state index in [1.165, 1.54) is 32.1 Å². The summed E-state index contributed by atoms with van der Waals surface area (Å²) in [7, 11) is 3.89. The molecule has 3 unspecified atom stereocenters. The summed E-state index contributed by atoms with van der Waals surface area (Å²) in [5.74, 6) is 1.12. The van der Waals surface area contributed by atoms with Crippen LogP contribution < -0.4 is 10.6 Å². The molecule has 2 fully saturated rings. The lowest BCUT2D eigenvalue weighted by molar-refractivity contribution is -0.133. The molecule has 110 valence electrons. The molecule has 3 atom stereocenters. The van der Waals surface area contributed by atoms with Crippen molar-refractivity contribution in [3.63, 3.8) is 0 Å². The summed E-state index contributed by atoms with van der Waals surface area (Å²) in [6.45, 7) is 1.83. The molecule has 1 amide bonds. The van der Waals surface area contributed by atoms with Gasteiger partial charge in [0.15, 0.2) is 0 Å². The Hall–Kier alpha value is -0.610. The van der Waals surface area contributed by atoms with Gasteiger partial charge in [-0.05, 0) is 51.6 Å². The van der Waals surface area contributed by atoms with Gasteiger partial charge in [-0.3, -0.25) is 4.79 Å². The highest BCUT2D eigenvalue weighted by molar-refractivity contribution is 5.81. The van der Waals surface area contributed by atoms with Crippen LogP contribution >= 0.6 is 0 Å². The molecule has 19 heavy (non-hydrogen) atoms. The number of nitrogens with zero attached hydrogens (tertiary/aromatic N) is 1. The molecule has 1 saturated carbocycles. The zero-order chi connectivity index (χ0) is 13.7. The summed E-state index contributed by atoms with van der Waals surface area (Å²) < 4.78 is 0. The summed E-state index contributed by atoms with van der Waals surface area (Å²) in [6, 6.07) is 0.668. The number of hydrogen-bond acceptors (Lipinski definition) is 3. The second-order valence-electron chi connectivity index (χ2n) is 6.16. The third kappa shape index (κ3) is 3.93. The molecule has 2 rings (SSSR count). The minimum atomic E-state index is 0.0685. The molecule has 1 heterocycles. The van der Waals surface area contributed by atoms with E-state index < -0.39 is 0 Å². The summed E-state index contributed by atoms with van der Waals surface area (Å²) in [5.41, 5.74) is 0. The molecule has 1 aliphatic carbocycles. The van der Waals surface area contributed by atoms with Gasteiger partial charge in [-0.1, -0.05) is 12.8 Å². The van der Waals surface area contributed by atoms with E-state index in [0.717, 1.165) is 31.8 Å². The van der Waals surface area contributed by atoms with E-state index >= 15 is 0 Å². The molecule has 0 aromatic carbocycles. The average molecular weight is 267 g/mol. The van der Waals surface area contributed by atoms with Crippen molar-refractivity contribution in [2.24, 2.45) is 5.92 Å². The van der Waals surface area contributed by atoms with Crippen LogP contribution in [0, 0.1) is 5.92 Å². The second-order valence-corrected chi connectivity index (χ2v) is 6.16. The van der Waals surface area contributed by atoms with Crippen molar-refractivity contribution in [3.05, 3.63) is 0 Å². The smallest absolute Gasteiger partial charge is 0.239 e. The van der Waals surface area contributed by atoms with E-state index in [0.29, 0.717) is 11.9 Å². The maximum atomic E-state index is 12.4. The Morgan fingerprint density at radius 1 is 1.26 bits per heavy atom. The van der Waals surface area contributed by atoms with Crippen LogP contribution in [-0.4, -0.2) is 50.1 Å². The van der Waals surface area contributed by atoms with Crippen LogP contribution in [0.25, 0.3) is 0 Å². The topological polar surface area (TPSA) is 44.4 Å². The summed E-state index contributed by atoms with van der Waals surface area (Å²) in [4.78, 5) is 14.3. The average Bonchev–Trinajstić information content (AvgIpc) is 2.46. The van der Waals surface area contributed by atoms with Crippen molar-refractivity contribution < 1.29 is 4.79 Å². The summed E-state index contributed by atoms with van der Waals surface area (Å²) >= 11 is 0. The number of likely N-dealkylation sites (N-methyl/N-ethyl adjacent to an activating group) is 1. The Bertz CT molecular complexity index is 295. The van der Waals surface area contributed by atoms with Gasteiger partial charge in [-0.2, -0.15) is 0 Å². The predicted octanol–water partition coefficient (Wildman–Crippen LogP) is 1.37. The fourth-order valence-electron chi connectivity index (χ4n) is 3.56. The Labute approximate surface area is 117 Å². The first kappa shape index (κ1) is 14.8. The maximum Gasteiger partial charge on any atom is 0.239 e. The lowest BCUT2D eigenvalue weighted by Gasteiger charge is -2.40. The minimum Gasteiger partial charge on any atom is -0.344 e. The number of carbonyl (C=O) groups excluding carboxylic acids is 1. The molecule has 0 aromatic rings. The first-order chi connectivity index (χ1) is 9.22. The van der Waals surface area contributed by atoms with Crippen molar-refractivity contribution in [3.8, 4) is 0 Å². The van der Waals surface area contributed by atoms with Gasteiger partial charge >= 0.3 is 0 Å². The fraction of sp³-hybridized carbons (Fsp3) is 0.933. The third-order valence-electron chi connectivity index (χ3n) is 4.75. The summed E-state index contributed by atoms with van der Waals surface area (Å²) in [5, 5.41) is 6.74. The molecule has 4 heteroatoms. The van der Waals surface area contributed by atoms with Crippen LogP contribution in [0.4, 0.5) is 0 Å². The van der Waals surface area contributed by atoms with Gasteiger partial charge in [0.05, 0.1) is 6.04 Å². The van der Waals surface area contributed by atoms with Crippen molar-refractivity contribution in [1.29, 1.82) is 0 Å². The molecule has 4 nitrogen and oxygen atoms in total. The number of hydrogen-bond donors (Lipinski definition) is 2. The van der Waals surface area contributed by atoms with Crippen LogP contribution in [0.1, 0.15) is 44.9 Å². The lowest BCUT2D eigenvalue weighted by atomic mass is 9.77. The Balaban J connectivity index is 1.79. The Kier molecular flexibility index (Phi) is 5.64. The summed E-state index contributed by atoms with van der Waals surface area (Å²) in [6.07, 6.45) is 8.61. The van der Waals surface area contributed by atoms with E-state index in [2.05, 4.69) is 10.6 Å². The highest BCUT2D eigenvalue weighted by Gasteiger charge is 2.35. The largest absolute Gasteiger partial charge is 0.344 e. The SMILES string of the molecule is CNCCCN(C)C(=O)C1CCC2CCCCC2N1. The number of fused-ring (bicyclic) bond motifs is 1. The van der Waals surface area contributed by atoms with E-state index in [1.807, 2.05) is 19.0 Å². The third-order valence-corrected chi connectivity index (χ3v) is 4.75. The molecule has 2 aliphatic rings. The van der Waals surface area contributed by atoms with Gasteiger partial charge in [-0.25, -0.2) is 0 Å². The molecule has 1 saturated heterocycles. The van der Waals surface area contributed by atoms with Crippen molar-refractivity contribution in [1.82, 2.24) is 15.5 Å². The van der Waals surface area contributed by atoms with Crippen LogP contribution in [0.15, 0.2) is 0 Å². The molecular weight excluding hydrogens is 238 g/mol. The van der Waals surface area contributed by atoms with E-state index in [4.69, 9.17) is 0 Å². The van der Waals surface area contributed by atoms with Gasteiger partial charge < -0.3 is 15.5 Å². The Morgan fingerprint density at radius 3 is 2.84 bits per heavy atom. The molecule has 0 radical (unpaired) electrons. The van der Waals surface area contributed by atoms with Gasteiger partial charge in [0, 0.05) is 19.6 Å². The fourth-order valence-corrected chi connectivity index (χ4v) is 3.56. The maximum absolute atomic E-state index is 12.4. The normalized spacial score (nSPS) is 30.7. The lowest BCUT2D eigenvalue weighted by Crippen LogP contribution is -2.55. The number of carbonyl (C=O) groups is 1. The molecule has 1 aliphatic heterocycles. The van der Waals surface area contributed by atoms with E-state index in [-0.39, 0.29) is 6.04 Å². The van der Waals surface area contributed by atoms with Crippen LogP contribution in [0.3, 0.4) is 0 Å². The highest BCUT2D eigenvalue weighted by atomic mass is 16.2. The molecule has 2 N–H and O–H groups in total. The van der Waals surface area contributed by atoms with Crippen LogP contribution in [-0.2, 0) is 4.79 Å². The standard InChI is InChI=1S/C15H29N3O/c1-16-10-5-11-18(2)15(19)14-9-8-12-6-3-4-7-13(12)17-14/h12-14,16-17H,3-11H2,1-2H3. The van der Waals surface area contributed by atoms with E-state index in [1.54, 1.807) is 0 Å². The quantitative estimate of drug-likeness (QED) is 0.739. The zero-order valence-corrected chi connectivity index (χ0v) is 12.5. The number of rotatable bonds is 5. The van der Waals surface area contributed by atoms with Crippen molar-refractivity contribution in [2.75, 3.05) is 27.2 Å². The van der Waals surface area contributed by atoms with Gasteiger partial charge in [0.25, 0.3) is 0 Å². The highest BCUT2D eigenvalue weighted by Crippen LogP contribution is 2.32. The molecule has 0 aromatic heterocycles.